The van der Waals surface area contributed by atoms with E-state index < -0.39 is 0 Å². The topological polar surface area (TPSA) is 67.1 Å². The number of rotatable bonds is 5. The molecule has 0 aromatic carbocycles. The molecule has 1 rings (SSSR count). The number of likely N-dealkylation sites (N-methyl/N-ethyl adjacent to an activating group) is 1. The summed E-state index contributed by atoms with van der Waals surface area (Å²) in [5.74, 6) is 5.67. The fourth-order valence-corrected chi connectivity index (χ4v) is 1.87. The molecule has 16 heavy (non-hydrogen) atoms. The molecule has 0 radical (unpaired) electrons. The Bertz CT molecular complexity index is 313. The highest BCUT2D eigenvalue weighted by molar-refractivity contribution is 5.15. The van der Waals surface area contributed by atoms with Gasteiger partial charge in [0.05, 0.1) is 6.04 Å². The lowest BCUT2D eigenvalue weighted by Gasteiger charge is -2.42. The highest BCUT2D eigenvalue weighted by Gasteiger charge is 2.35. The quantitative estimate of drug-likeness (QED) is 0.568. The fourth-order valence-electron chi connectivity index (χ4n) is 1.87. The molecule has 3 N–H and O–H groups in total. The Balaban J connectivity index is 3.06. The van der Waals surface area contributed by atoms with Gasteiger partial charge in [0.15, 0.2) is 0 Å². The van der Waals surface area contributed by atoms with E-state index in [1.54, 1.807) is 12.4 Å². The van der Waals surface area contributed by atoms with Gasteiger partial charge in [-0.05, 0) is 27.4 Å². The Morgan fingerprint density at radius 2 is 2.00 bits per heavy atom. The average Bonchev–Trinajstić information content (AvgIpc) is 2.30. The Labute approximate surface area is 97.0 Å². The van der Waals surface area contributed by atoms with Crippen LogP contribution in [-0.2, 0) is 0 Å². The first kappa shape index (κ1) is 13.0. The van der Waals surface area contributed by atoms with Crippen LogP contribution in [0.25, 0.3) is 0 Å². The van der Waals surface area contributed by atoms with Crippen LogP contribution in [0.2, 0.25) is 0 Å². The Kier molecular flexibility index (Phi) is 4.35. The fraction of sp³-hybridized carbons (Fsp3) is 0.636. The third kappa shape index (κ3) is 2.37. The van der Waals surface area contributed by atoms with Crippen molar-refractivity contribution in [3.8, 4) is 0 Å². The third-order valence-electron chi connectivity index (χ3n) is 3.44. The minimum absolute atomic E-state index is 0.00806. The molecule has 1 heterocycles. The lowest BCUT2D eigenvalue weighted by molar-refractivity contribution is 0.112. The number of nitrogens with zero attached hydrogens (tertiary/aromatic N) is 3. The van der Waals surface area contributed by atoms with E-state index in [2.05, 4.69) is 48.2 Å². The van der Waals surface area contributed by atoms with E-state index in [-0.39, 0.29) is 11.6 Å². The summed E-state index contributed by atoms with van der Waals surface area (Å²) in [5, 5.41) is 0. The van der Waals surface area contributed by atoms with Crippen molar-refractivity contribution in [1.29, 1.82) is 0 Å². The standard InChI is InChI=1S/C11H21N5/c1-5-11(2,16(3)4)10(15-12)9-6-13-8-14-7-9/h6-8,10,15H,5,12H2,1-4H3. The number of hydrazine groups is 1. The molecule has 0 saturated heterocycles. The highest BCUT2D eigenvalue weighted by atomic mass is 15.3. The molecule has 0 saturated carbocycles. The molecule has 90 valence electrons. The zero-order chi connectivity index (χ0) is 12.2. The van der Waals surface area contributed by atoms with Crippen molar-refractivity contribution in [2.24, 2.45) is 5.84 Å². The predicted octanol–water partition coefficient (Wildman–Crippen LogP) is 0.711. The smallest absolute Gasteiger partial charge is 0.115 e. The van der Waals surface area contributed by atoms with Crippen LogP contribution < -0.4 is 11.3 Å². The molecule has 1 aromatic rings. The van der Waals surface area contributed by atoms with Gasteiger partial charge in [-0.2, -0.15) is 0 Å². The van der Waals surface area contributed by atoms with Gasteiger partial charge in [-0.25, -0.2) is 9.97 Å². The van der Waals surface area contributed by atoms with E-state index >= 15 is 0 Å². The van der Waals surface area contributed by atoms with E-state index in [1.807, 2.05) is 0 Å². The van der Waals surface area contributed by atoms with Crippen LogP contribution in [0, 0.1) is 0 Å². The second kappa shape index (κ2) is 5.34. The number of nitrogens with two attached hydrogens (primary N) is 1. The van der Waals surface area contributed by atoms with Gasteiger partial charge in [-0.3, -0.25) is 11.3 Å². The minimum Gasteiger partial charge on any atom is -0.302 e. The number of aromatic nitrogens is 2. The third-order valence-corrected chi connectivity index (χ3v) is 3.44. The summed E-state index contributed by atoms with van der Waals surface area (Å²) in [5.41, 5.74) is 3.80. The summed E-state index contributed by atoms with van der Waals surface area (Å²) in [6.07, 6.45) is 6.10. The molecule has 0 fully saturated rings. The Hall–Kier alpha value is -1.04. The molecule has 2 atom stereocenters. The van der Waals surface area contributed by atoms with Crippen molar-refractivity contribution in [1.82, 2.24) is 20.3 Å². The van der Waals surface area contributed by atoms with Crippen LogP contribution in [0.5, 0.6) is 0 Å². The van der Waals surface area contributed by atoms with E-state index in [4.69, 9.17) is 5.84 Å². The monoisotopic (exact) mass is 223 g/mol. The Morgan fingerprint density at radius 1 is 1.44 bits per heavy atom. The van der Waals surface area contributed by atoms with Crippen molar-refractivity contribution in [2.75, 3.05) is 14.1 Å². The molecule has 0 aliphatic carbocycles. The van der Waals surface area contributed by atoms with Crippen molar-refractivity contribution in [3.05, 3.63) is 24.3 Å². The van der Waals surface area contributed by atoms with Gasteiger partial charge in [0.1, 0.15) is 6.33 Å². The SMILES string of the molecule is CCC(C)(C(NN)c1cncnc1)N(C)C. The van der Waals surface area contributed by atoms with Crippen molar-refractivity contribution >= 4 is 0 Å². The molecular weight excluding hydrogens is 202 g/mol. The Morgan fingerprint density at radius 3 is 2.38 bits per heavy atom. The number of hydrogen-bond acceptors (Lipinski definition) is 5. The molecule has 0 aliphatic heterocycles. The molecule has 0 aliphatic rings. The average molecular weight is 223 g/mol. The van der Waals surface area contributed by atoms with E-state index in [0.717, 1.165) is 12.0 Å². The summed E-state index contributed by atoms with van der Waals surface area (Å²) in [4.78, 5) is 10.2. The normalized spacial score (nSPS) is 17.1. The van der Waals surface area contributed by atoms with Crippen LogP contribution in [0.1, 0.15) is 31.9 Å². The summed E-state index contributed by atoms with van der Waals surface area (Å²) < 4.78 is 0. The van der Waals surface area contributed by atoms with Gasteiger partial charge in [-0.15, -0.1) is 0 Å². The van der Waals surface area contributed by atoms with Gasteiger partial charge in [0.2, 0.25) is 0 Å². The molecular formula is C11H21N5. The van der Waals surface area contributed by atoms with Crippen LogP contribution >= 0.6 is 0 Å². The van der Waals surface area contributed by atoms with Crippen LogP contribution in [0.15, 0.2) is 18.7 Å². The molecule has 2 unspecified atom stereocenters. The molecule has 5 heteroatoms. The molecule has 0 amide bonds. The van der Waals surface area contributed by atoms with Gasteiger partial charge in [0, 0.05) is 23.5 Å². The van der Waals surface area contributed by atoms with Gasteiger partial charge < -0.3 is 4.90 Å². The largest absolute Gasteiger partial charge is 0.302 e. The van der Waals surface area contributed by atoms with Crippen LogP contribution in [-0.4, -0.2) is 34.5 Å². The number of nitrogens with one attached hydrogen (secondary N) is 1. The number of hydrogen-bond donors (Lipinski definition) is 2. The lowest BCUT2D eigenvalue weighted by atomic mass is 9.85. The molecule has 0 spiro atoms. The van der Waals surface area contributed by atoms with Crippen molar-refractivity contribution in [3.63, 3.8) is 0 Å². The van der Waals surface area contributed by atoms with Gasteiger partial charge in [0.25, 0.3) is 0 Å². The second-order valence-electron chi connectivity index (χ2n) is 4.38. The molecule has 1 aromatic heterocycles. The molecule has 5 nitrogen and oxygen atoms in total. The summed E-state index contributed by atoms with van der Waals surface area (Å²) in [7, 11) is 4.11. The summed E-state index contributed by atoms with van der Waals surface area (Å²) in [6, 6.07) is 0.00806. The predicted molar refractivity (Wildman–Crippen MR) is 64.5 cm³/mol. The summed E-state index contributed by atoms with van der Waals surface area (Å²) >= 11 is 0. The van der Waals surface area contributed by atoms with E-state index in [0.29, 0.717) is 0 Å². The van der Waals surface area contributed by atoms with Crippen molar-refractivity contribution in [2.45, 2.75) is 31.8 Å². The van der Waals surface area contributed by atoms with Gasteiger partial charge in [-0.1, -0.05) is 6.92 Å². The van der Waals surface area contributed by atoms with Crippen molar-refractivity contribution < 1.29 is 0 Å². The van der Waals surface area contributed by atoms with Crippen LogP contribution in [0.4, 0.5) is 0 Å². The van der Waals surface area contributed by atoms with E-state index in [9.17, 15) is 0 Å². The first-order valence-electron chi connectivity index (χ1n) is 5.44. The lowest BCUT2D eigenvalue weighted by Crippen LogP contribution is -2.53. The maximum absolute atomic E-state index is 5.67. The molecule has 0 bridgehead atoms. The first-order valence-corrected chi connectivity index (χ1v) is 5.44. The minimum atomic E-state index is -0.0700. The highest BCUT2D eigenvalue weighted by Crippen LogP contribution is 2.31. The summed E-state index contributed by atoms with van der Waals surface area (Å²) in [6.45, 7) is 4.32. The zero-order valence-corrected chi connectivity index (χ0v) is 10.4. The first-order chi connectivity index (χ1) is 7.56. The second-order valence-corrected chi connectivity index (χ2v) is 4.38. The van der Waals surface area contributed by atoms with Gasteiger partial charge >= 0.3 is 0 Å². The van der Waals surface area contributed by atoms with Crippen LogP contribution in [0.3, 0.4) is 0 Å². The van der Waals surface area contributed by atoms with E-state index in [1.165, 1.54) is 6.33 Å². The maximum Gasteiger partial charge on any atom is 0.115 e. The maximum atomic E-state index is 5.67. The zero-order valence-electron chi connectivity index (χ0n) is 10.4.